The van der Waals surface area contributed by atoms with E-state index in [2.05, 4.69) is 29.2 Å². The summed E-state index contributed by atoms with van der Waals surface area (Å²) in [5.74, 6) is 1.60. The van der Waals surface area contributed by atoms with Crippen molar-refractivity contribution in [3.63, 3.8) is 0 Å². The van der Waals surface area contributed by atoms with Crippen LogP contribution < -0.4 is 0 Å². The van der Waals surface area contributed by atoms with Gasteiger partial charge in [-0.3, -0.25) is 4.99 Å². The topological polar surface area (TPSA) is 15.6 Å². The van der Waals surface area contributed by atoms with E-state index in [0.29, 0.717) is 6.04 Å². The Labute approximate surface area is 161 Å². The Morgan fingerprint density at radius 1 is 0.963 bits per heavy atom. The summed E-state index contributed by atoms with van der Waals surface area (Å²) < 4.78 is 13.4. The first-order chi connectivity index (χ1) is 13.3. The molecule has 0 aromatic heterocycles. The Bertz CT molecular complexity index is 834. The van der Waals surface area contributed by atoms with Crippen molar-refractivity contribution in [3.8, 4) is 0 Å². The van der Waals surface area contributed by atoms with E-state index in [4.69, 9.17) is 4.99 Å². The summed E-state index contributed by atoms with van der Waals surface area (Å²) in [4.78, 5) is 7.80. The summed E-state index contributed by atoms with van der Waals surface area (Å²) in [6, 6.07) is 15.7. The molecule has 3 saturated heterocycles. The van der Waals surface area contributed by atoms with E-state index >= 15 is 0 Å². The standard InChI is InChI=1S/C24H27FN2/c25-21-8-5-18(6-9-21)24-23-4-2-1-3-19(23)15-22(26-24)10-7-20-16-27-13-11-17(20)12-14-27/h1-6,8-9,17,20,22H,7,10-16H2/t20-,22+/m1/s1. The van der Waals surface area contributed by atoms with Crippen LogP contribution in [-0.4, -0.2) is 36.3 Å². The fourth-order valence-corrected chi connectivity index (χ4v) is 5.31. The van der Waals surface area contributed by atoms with Gasteiger partial charge in [0.15, 0.2) is 0 Å². The third-order valence-corrected chi connectivity index (χ3v) is 6.82. The highest BCUT2D eigenvalue weighted by Crippen LogP contribution is 2.36. The van der Waals surface area contributed by atoms with Crippen LogP contribution in [0.5, 0.6) is 0 Å². The molecule has 3 fully saturated rings. The van der Waals surface area contributed by atoms with Gasteiger partial charge in [0.2, 0.25) is 0 Å². The molecule has 0 aliphatic carbocycles. The summed E-state index contributed by atoms with van der Waals surface area (Å²) in [5, 5.41) is 0. The van der Waals surface area contributed by atoms with Crippen molar-refractivity contribution in [3.05, 3.63) is 71.0 Å². The van der Waals surface area contributed by atoms with Crippen molar-refractivity contribution in [1.82, 2.24) is 4.90 Å². The average Bonchev–Trinajstić information content (AvgIpc) is 2.73. The number of hydrogen-bond acceptors (Lipinski definition) is 2. The lowest BCUT2D eigenvalue weighted by atomic mass is 9.76. The summed E-state index contributed by atoms with van der Waals surface area (Å²) in [7, 11) is 0. The van der Waals surface area contributed by atoms with Gasteiger partial charge in [-0.05, 0) is 86.9 Å². The molecule has 4 aliphatic heterocycles. The third-order valence-electron chi connectivity index (χ3n) is 6.82. The maximum atomic E-state index is 13.4. The van der Waals surface area contributed by atoms with Crippen LogP contribution in [0.15, 0.2) is 53.5 Å². The molecule has 0 unspecified atom stereocenters. The molecule has 2 nitrogen and oxygen atoms in total. The summed E-state index contributed by atoms with van der Waals surface area (Å²) in [6.45, 7) is 3.91. The van der Waals surface area contributed by atoms with Crippen molar-refractivity contribution >= 4 is 5.71 Å². The van der Waals surface area contributed by atoms with Crippen LogP contribution in [0, 0.1) is 17.7 Å². The second kappa shape index (κ2) is 7.20. The zero-order chi connectivity index (χ0) is 18.2. The number of fused-ring (bicyclic) bond motifs is 4. The Kier molecular flexibility index (Phi) is 4.56. The normalized spacial score (nSPS) is 29.3. The van der Waals surface area contributed by atoms with Crippen LogP contribution in [0.2, 0.25) is 0 Å². The van der Waals surface area contributed by atoms with Gasteiger partial charge >= 0.3 is 0 Å². The molecule has 2 atom stereocenters. The van der Waals surface area contributed by atoms with Gasteiger partial charge in [-0.2, -0.15) is 0 Å². The Morgan fingerprint density at radius 2 is 1.74 bits per heavy atom. The molecule has 0 N–H and O–H groups in total. The van der Waals surface area contributed by atoms with E-state index in [1.807, 2.05) is 12.1 Å². The van der Waals surface area contributed by atoms with Gasteiger partial charge in [0.05, 0.1) is 11.8 Å². The molecule has 2 bridgehead atoms. The molecule has 140 valence electrons. The molecule has 3 heteroatoms. The summed E-state index contributed by atoms with van der Waals surface area (Å²) in [6.07, 6.45) is 6.26. The Balaban J connectivity index is 1.37. The van der Waals surface area contributed by atoms with Crippen LogP contribution in [0.1, 0.15) is 42.4 Å². The van der Waals surface area contributed by atoms with Crippen LogP contribution in [0.3, 0.4) is 0 Å². The molecule has 0 saturated carbocycles. The van der Waals surface area contributed by atoms with Crippen LogP contribution in [-0.2, 0) is 6.42 Å². The van der Waals surface area contributed by atoms with E-state index in [9.17, 15) is 4.39 Å². The molecule has 0 amide bonds. The smallest absolute Gasteiger partial charge is 0.123 e. The quantitative estimate of drug-likeness (QED) is 0.769. The molecule has 4 aliphatic rings. The summed E-state index contributed by atoms with van der Waals surface area (Å²) in [5.41, 5.74) is 4.65. The maximum absolute atomic E-state index is 13.4. The molecule has 0 spiro atoms. The average molecular weight is 362 g/mol. The van der Waals surface area contributed by atoms with E-state index < -0.39 is 0 Å². The number of nitrogens with zero attached hydrogens (tertiary/aromatic N) is 2. The van der Waals surface area contributed by atoms with Gasteiger partial charge < -0.3 is 4.90 Å². The minimum atomic E-state index is -0.192. The van der Waals surface area contributed by atoms with Crippen LogP contribution in [0.4, 0.5) is 4.39 Å². The van der Waals surface area contributed by atoms with Crippen molar-refractivity contribution < 1.29 is 4.39 Å². The van der Waals surface area contributed by atoms with Gasteiger partial charge in [0, 0.05) is 17.7 Å². The first-order valence-electron chi connectivity index (χ1n) is 10.4. The largest absolute Gasteiger partial charge is 0.303 e. The number of aliphatic imine (C=N–C) groups is 1. The number of rotatable bonds is 4. The van der Waals surface area contributed by atoms with Gasteiger partial charge in [-0.1, -0.05) is 24.3 Å². The molecule has 4 heterocycles. The lowest BCUT2D eigenvalue weighted by molar-refractivity contribution is 0.0449. The zero-order valence-corrected chi connectivity index (χ0v) is 15.8. The van der Waals surface area contributed by atoms with Gasteiger partial charge in [0.1, 0.15) is 5.82 Å². The monoisotopic (exact) mass is 362 g/mol. The molecule has 2 aromatic carbocycles. The summed E-state index contributed by atoms with van der Waals surface area (Å²) >= 11 is 0. The Hall–Kier alpha value is -2.00. The first-order valence-corrected chi connectivity index (χ1v) is 10.4. The zero-order valence-electron chi connectivity index (χ0n) is 15.8. The van der Waals surface area contributed by atoms with Crippen molar-refractivity contribution in [2.45, 2.75) is 38.1 Å². The number of benzene rings is 2. The predicted molar refractivity (Wildman–Crippen MR) is 108 cm³/mol. The number of halogens is 1. The van der Waals surface area contributed by atoms with E-state index in [0.717, 1.165) is 36.0 Å². The predicted octanol–water partition coefficient (Wildman–Crippen LogP) is 4.71. The fourth-order valence-electron chi connectivity index (χ4n) is 5.31. The van der Waals surface area contributed by atoms with Crippen molar-refractivity contribution in [2.75, 3.05) is 19.6 Å². The van der Waals surface area contributed by atoms with Gasteiger partial charge in [-0.15, -0.1) is 0 Å². The van der Waals surface area contributed by atoms with Crippen molar-refractivity contribution in [2.24, 2.45) is 16.8 Å². The molecule has 27 heavy (non-hydrogen) atoms. The highest BCUT2D eigenvalue weighted by atomic mass is 19.1. The maximum Gasteiger partial charge on any atom is 0.123 e. The highest BCUT2D eigenvalue weighted by molar-refractivity contribution is 6.14. The lowest BCUT2D eigenvalue weighted by Crippen LogP contribution is -2.47. The van der Waals surface area contributed by atoms with Crippen LogP contribution in [0.25, 0.3) is 0 Å². The minimum Gasteiger partial charge on any atom is -0.303 e. The molecular formula is C24H27FN2. The van der Waals surface area contributed by atoms with E-state index in [1.54, 1.807) is 0 Å². The lowest BCUT2D eigenvalue weighted by Gasteiger charge is -2.45. The molecule has 2 aromatic rings. The number of piperidine rings is 3. The van der Waals surface area contributed by atoms with Crippen molar-refractivity contribution in [1.29, 1.82) is 0 Å². The first kappa shape index (κ1) is 17.1. The van der Waals surface area contributed by atoms with E-state index in [1.165, 1.54) is 62.2 Å². The highest BCUT2D eigenvalue weighted by Gasteiger charge is 2.34. The number of hydrogen-bond donors (Lipinski definition) is 0. The molecular weight excluding hydrogens is 335 g/mol. The third kappa shape index (κ3) is 3.45. The van der Waals surface area contributed by atoms with Gasteiger partial charge in [-0.25, -0.2) is 4.39 Å². The Morgan fingerprint density at radius 3 is 2.48 bits per heavy atom. The van der Waals surface area contributed by atoms with E-state index in [-0.39, 0.29) is 5.82 Å². The molecule has 6 rings (SSSR count). The fraction of sp³-hybridized carbons (Fsp3) is 0.458. The second-order valence-electron chi connectivity index (χ2n) is 8.48. The SMILES string of the molecule is Fc1ccc(C2=N[C@@H](CC[C@@H]3CN4CCC3CC4)Cc3ccccc32)cc1. The minimum absolute atomic E-state index is 0.192. The second-order valence-corrected chi connectivity index (χ2v) is 8.48. The van der Waals surface area contributed by atoms with Crippen LogP contribution >= 0.6 is 0 Å². The van der Waals surface area contributed by atoms with Gasteiger partial charge in [0.25, 0.3) is 0 Å². The molecule has 0 radical (unpaired) electrons.